The Morgan fingerprint density at radius 1 is 1.31 bits per heavy atom. The van der Waals surface area contributed by atoms with Gasteiger partial charge in [0.2, 0.25) is 0 Å². The molecule has 0 aromatic heterocycles. The van der Waals surface area contributed by atoms with Crippen molar-refractivity contribution in [2.24, 2.45) is 0 Å². The van der Waals surface area contributed by atoms with Crippen LogP contribution in [0.15, 0.2) is 12.1 Å². The highest BCUT2D eigenvalue weighted by atomic mass is 127. The third-order valence-electron chi connectivity index (χ3n) is 1.71. The fourth-order valence-electron chi connectivity index (χ4n) is 1.09. The monoisotopic (exact) mass is 445 g/mol. The number of nitrogens with two attached hydrogens (primary N) is 1. The Hall–Kier alpha value is -0.0500. The maximum absolute atomic E-state index is 11.9. The van der Waals surface area contributed by atoms with Gasteiger partial charge in [-0.3, -0.25) is 0 Å². The van der Waals surface area contributed by atoms with E-state index in [0.29, 0.717) is 11.3 Å². The van der Waals surface area contributed by atoms with E-state index in [2.05, 4.69) is 45.2 Å². The zero-order valence-electron chi connectivity index (χ0n) is 9.30. The van der Waals surface area contributed by atoms with Gasteiger partial charge < -0.3 is 10.5 Å². The SMILES string of the molecule is CC(C)(C)OC(=O)c1cc(I)cc(I)c1N. The molecule has 0 aliphatic rings. The van der Waals surface area contributed by atoms with Crippen LogP contribution in [0.3, 0.4) is 0 Å². The van der Waals surface area contributed by atoms with Crippen molar-refractivity contribution in [3.8, 4) is 0 Å². The van der Waals surface area contributed by atoms with Gasteiger partial charge in [-0.2, -0.15) is 0 Å². The molecule has 0 aliphatic heterocycles. The second-order valence-electron chi connectivity index (χ2n) is 4.35. The third-order valence-corrected chi connectivity index (χ3v) is 3.23. The molecule has 1 rings (SSSR count). The molecule has 0 unspecified atom stereocenters. The maximum atomic E-state index is 11.9. The lowest BCUT2D eigenvalue weighted by Gasteiger charge is -2.20. The summed E-state index contributed by atoms with van der Waals surface area (Å²) >= 11 is 4.26. The topological polar surface area (TPSA) is 52.3 Å². The minimum Gasteiger partial charge on any atom is -0.456 e. The van der Waals surface area contributed by atoms with Crippen molar-refractivity contribution in [1.29, 1.82) is 0 Å². The van der Waals surface area contributed by atoms with E-state index in [9.17, 15) is 4.79 Å². The van der Waals surface area contributed by atoms with Gasteiger partial charge in [-0.15, -0.1) is 0 Å². The van der Waals surface area contributed by atoms with E-state index < -0.39 is 5.60 Å². The predicted molar refractivity (Wildman–Crippen MR) is 81.5 cm³/mol. The molecule has 0 aliphatic carbocycles. The molecular formula is C11H13I2NO2. The van der Waals surface area contributed by atoms with E-state index in [1.165, 1.54) is 0 Å². The average Bonchev–Trinajstić information content (AvgIpc) is 2.08. The van der Waals surface area contributed by atoms with Crippen LogP contribution in [0.2, 0.25) is 0 Å². The molecule has 0 saturated heterocycles. The summed E-state index contributed by atoms with van der Waals surface area (Å²) in [5.41, 5.74) is 6.27. The Morgan fingerprint density at radius 2 is 1.88 bits per heavy atom. The van der Waals surface area contributed by atoms with Crippen molar-refractivity contribution >= 4 is 56.8 Å². The summed E-state index contributed by atoms with van der Waals surface area (Å²) in [5.74, 6) is -0.374. The van der Waals surface area contributed by atoms with E-state index in [1.807, 2.05) is 26.8 Å². The molecule has 0 heterocycles. The van der Waals surface area contributed by atoms with E-state index in [4.69, 9.17) is 10.5 Å². The predicted octanol–water partition coefficient (Wildman–Crippen LogP) is 3.43. The highest BCUT2D eigenvalue weighted by Crippen LogP contribution is 2.25. The molecular weight excluding hydrogens is 432 g/mol. The van der Waals surface area contributed by atoms with Gasteiger partial charge >= 0.3 is 5.97 Å². The van der Waals surface area contributed by atoms with Gasteiger partial charge in [0.05, 0.1) is 11.3 Å². The number of esters is 1. The molecule has 0 bridgehead atoms. The zero-order valence-corrected chi connectivity index (χ0v) is 13.6. The summed E-state index contributed by atoms with van der Waals surface area (Å²) < 4.78 is 7.12. The average molecular weight is 445 g/mol. The maximum Gasteiger partial charge on any atom is 0.340 e. The van der Waals surface area contributed by atoms with Crippen molar-refractivity contribution < 1.29 is 9.53 Å². The highest BCUT2D eigenvalue weighted by molar-refractivity contribution is 14.1. The second kappa shape index (κ2) is 5.07. The van der Waals surface area contributed by atoms with Crippen molar-refractivity contribution in [2.45, 2.75) is 26.4 Å². The van der Waals surface area contributed by atoms with E-state index in [-0.39, 0.29) is 5.97 Å². The number of hydrogen-bond acceptors (Lipinski definition) is 3. The molecule has 1 aromatic carbocycles. The van der Waals surface area contributed by atoms with Crippen LogP contribution >= 0.6 is 45.2 Å². The van der Waals surface area contributed by atoms with Gasteiger partial charge in [0.15, 0.2) is 0 Å². The summed E-state index contributed by atoms with van der Waals surface area (Å²) in [5, 5.41) is 0. The quantitative estimate of drug-likeness (QED) is 0.410. The summed E-state index contributed by atoms with van der Waals surface area (Å²) in [7, 11) is 0. The molecule has 0 radical (unpaired) electrons. The molecule has 88 valence electrons. The first-order valence-electron chi connectivity index (χ1n) is 4.68. The van der Waals surface area contributed by atoms with Gasteiger partial charge in [0, 0.05) is 7.14 Å². The van der Waals surface area contributed by atoms with E-state index in [0.717, 1.165) is 7.14 Å². The van der Waals surface area contributed by atoms with Crippen LogP contribution in [-0.2, 0) is 4.74 Å². The fraction of sp³-hybridized carbons (Fsp3) is 0.364. The number of hydrogen-bond donors (Lipinski definition) is 1. The summed E-state index contributed by atoms with van der Waals surface area (Å²) in [6.45, 7) is 5.50. The highest BCUT2D eigenvalue weighted by Gasteiger charge is 2.21. The minimum atomic E-state index is -0.504. The van der Waals surface area contributed by atoms with Crippen molar-refractivity contribution in [3.05, 3.63) is 24.8 Å². The van der Waals surface area contributed by atoms with Crippen LogP contribution in [0.1, 0.15) is 31.1 Å². The molecule has 2 N–H and O–H groups in total. The molecule has 0 atom stereocenters. The molecule has 16 heavy (non-hydrogen) atoms. The lowest BCUT2D eigenvalue weighted by molar-refractivity contribution is 0.00707. The largest absolute Gasteiger partial charge is 0.456 e. The van der Waals surface area contributed by atoms with Crippen LogP contribution in [0.25, 0.3) is 0 Å². The van der Waals surface area contributed by atoms with Crippen molar-refractivity contribution in [3.63, 3.8) is 0 Å². The van der Waals surface area contributed by atoms with Crippen LogP contribution in [0.4, 0.5) is 5.69 Å². The molecule has 0 saturated carbocycles. The zero-order chi connectivity index (χ0) is 12.5. The number of rotatable bonds is 1. The van der Waals surface area contributed by atoms with Crippen molar-refractivity contribution in [1.82, 2.24) is 0 Å². The minimum absolute atomic E-state index is 0.374. The van der Waals surface area contributed by atoms with Crippen LogP contribution in [0, 0.1) is 7.14 Å². The second-order valence-corrected chi connectivity index (χ2v) is 6.76. The van der Waals surface area contributed by atoms with Gasteiger partial charge in [0.1, 0.15) is 5.60 Å². The lowest BCUT2D eigenvalue weighted by atomic mass is 10.1. The first-order chi connectivity index (χ1) is 7.20. The Labute approximate surface area is 122 Å². The van der Waals surface area contributed by atoms with E-state index in [1.54, 1.807) is 6.07 Å². The number of anilines is 1. The Kier molecular flexibility index (Phi) is 4.44. The van der Waals surface area contributed by atoms with Gasteiger partial charge in [-0.25, -0.2) is 4.79 Å². The smallest absolute Gasteiger partial charge is 0.340 e. The van der Waals surface area contributed by atoms with Crippen LogP contribution in [-0.4, -0.2) is 11.6 Å². The molecule has 0 fully saturated rings. The standard InChI is InChI=1S/C11H13I2NO2/c1-11(2,3)16-10(15)7-4-6(12)5-8(13)9(7)14/h4-5H,14H2,1-3H3. The number of ether oxygens (including phenoxy) is 1. The Morgan fingerprint density at radius 3 is 2.38 bits per heavy atom. The normalized spacial score (nSPS) is 11.3. The Balaban J connectivity index is 3.09. The molecule has 5 heteroatoms. The first-order valence-corrected chi connectivity index (χ1v) is 6.84. The van der Waals surface area contributed by atoms with Crippen molar-refractivity contribution in [2.75, 3.05) is 5.73 Å². The van der Waals surface area contributed by atoms with Gasteiger partial charge in [-0.1, -0.05) is 0 Å². The van der Waals surface area contributed by atoms with Crippen LogP contribution < -0.4 is 5.73 Å². The summed E-state index contributed by atoms with van der Waals surface area (Å²) in [4.78, 5) is 11.9. The van der Waals surface area contributed by atoms with Gasteiger partial charge in [-0.05, 0) is 78.1 Å². The van der Waals surface area contributed by atoms with Crippen LogP contribution in [0.5, 0.6) is 0 Å². The molecule has 0 amide bonds. The number of carbonyl (C=O) groups excluding carboxylic acids is 1. The number of nitrogen functional groups attached to an aromatic ring is 1. The fourth-order valence-corrected chi connectivity index (χ4v) is 2.93. The number of carbonyl (C=O) groups is 1. The molecule has 3 nitrogen and oxygen atoms in total. The van der Waals surface area contributed by atoms with E-state index >= 15 is 0 Å². The third kappa shape index (κ3) is 3.76. The number of benzene rings is 1. The summed E-state index contributed by atoms with van der Waals surface area (Å²) in [6, 6.07) is 3.66. The lowest BCUT2D eigenvalue weighted by Crippen LogP contribution is -2.24. The molecule has 0 spiro atoms. The summed E-state index contributed by atoms with van der Waals surface area (Å²) in [6.07, 6.45) is 0. The van der Waals surface area contributed by atoms with Gasteiger partial charge in [0.25, 0.3) is 0 Å². The Bertz CT molecular complexity index is 425. The number of halogens is 2. The first kappa shape index (κ1) is 14.0. The molecule has 1 aromatic rings.